The molecule has 1 aromatic carbocycles. The SMILES string of the molecule is CN1CCN(S(=O)(=O)c2cc(N)c(F)cc2F)CC1(C)C. The molecule has 0 radical (unpaired) electrons. The summed E-state index contributed by atoms with van der Waals surface area (Å²) in [5.74, 6) is -2.09. The molecule has 2 N–H and O–H groups in total. The van der Waals surface area contributed by atoms with Gasteiger partial charge in [-0.3, -0.25) is 4.90 Å². The summed E-state index contributed by atoms with van der Waals surface area (Å²) in [6.07, 6.45) is 0. The molecule has 5 nitrogen and oxygen atoms in total. The van der Waals surface area contributed by atoms with Gasteiger partial charge in [0.2, 0.25) is 10.0 Å². The summed E-state index contributed by atoms with van der Waals surface area (Å²) in [5, 5.41) is 0. The fourth-order valence-corrected chi connectivity index (χ4v) is 3.95. The number of halogens is 2. The zero-order chi connectivity index (χ0) is 16.0. The van der Waals surface area contributed by atoms with Gasteiger partial charge in [0, 0.05) is 31.2 Å². The highest BCUT2D eigenvalue weighted by molar-refractivity contribution is 7.89. The lowest BCUT2D eigenvalue weighted by Crippen LogP contribution is -2.58. The largest absolute Gasteiger partial charge is 0.396 e. The van der Waals surface area contributed by atoms with E-state index in [9.17, 15) is 17.2 Å². The molecule has 118 valence electrons. The normalized spacial score (nSPS) is 20.6. The molecule has 1 aliphatic heterocycles. The average Bonchev–Trinajstić information content (AvgIpc) is 2.36. The third-order valence-corrected chi connectivity index (χ3v) is 5.81. The maximum Gasteiger partial charge on any atom is 0.246 e. The number of benzene rings is 1. The molecule has 1 aliphatic rings. The fraction of sp³-hybridized carbons (Fsp3) is 0.538. The summed E-state index contributed by atoms with van der Waals surface area (Å²) < 4.78 is 53.3. The lowest BCUT2D eigenvalue weighted by molar-refractivity contribution is 0.0800. The lowest BCUT2D eigenvalue weighted by Gasteiger charge is -2.44. The number of sulfonamides is 1. The zero-order valence-electron chi connectivity index (χ0n) is 12.2. The summed E-state index contributed by atoms with van der Waals surface area (Å²) >= 11 is 0. The molecule has 0 aromatic heterocycles. The smallest absolute Gasteiger partial charge is 0.246 e. The highest BCUT2D eigenvalue weighted by atomic mass is 32.2. The minimum atomic E-state index is -4.04. The zero-order valence-corrected chi connectivity index (χ0v) is 13.0. The van der Waals surface area contributed by atoms with Gasteiger partial charge in [0.1, 0.15) is 16.5 Å². The second-order valence-corrected chi connectivity index (χ2v) is 7.78. The highest BCUT2D eigenvalue weighted by Gasteiger charge is 2.38. The Morgan fingerprint density at radius 1 is 1.19 bits per heavy atom. The number of nitrogens with two attached hydrogens (primary N) is 1. The van der Waals surface area contributed by atoms with E-state index in [-0.39, 0.29) is 24.3 Å². The summed E-state index contributed by atoms with van der Waals surface area (Å²) in [6, 6.07) is 1.34. The van der Waals surface area contributed by atoms with Gasteiger partial charge >= 0.3 is 0 Å². The van der Waals surface area contributed by atoms with E-state index in [2.05, 4.69) is 0 Å². The molecule has 1 saturated heterocycles. The Labute approximate surface area is 123 Å². The van der Waals surface area contributed by atoms with Crippen molar-refractivity contribution in [2.45, 2.75) is 24.3 Å². The monoisotopic (exact) mass is 319 g/mol. The first-order valence-electron chi connectivity index (χ1n) is 6.51. The van der Waals surface area contributed by atoms with Crippen LogP contribution in [0.5, 0.6) is 0 Å². The van der Waals surface area contributed by atoms with Crippen molar-refractivity contribution in [1.82, 2.24) is 9.21 Å². The van der Waals surface area contributed by atoms with E-state index < -0.39 is 26.6 Å². The van der Waals surface area contributed by atoms with Gasteiger partial charge in [0.05, 0.1) is 5.69 Å². The number of nitrogens with zero attached hydrogens (tertiary/aromatic N) is 2. The van der Waals surface area contributed by atoms with Crippen LogP contribution < -0.4 is 5.73 Å². The number of likely N-dealkylation sites (N-methyl/N-ethyl adjacent to an activating group) is 1. The number of hydrogen-bond acceptors (Lipinski definition) is 4. The molecular formula is C13H19F2N3O2S. The molecule has 0 bridgehead atoms. The van der Waals surface area contributed by atoms with Crippen molar-refractivity contribution in [3.63, 3.8) is 0 Å². The molecule has 0 saturated carbocycles. The summed E-state index contributed by atoms with van der Waals surface area (Å²) in [6.45, 7) is 4.82. The Bertz CT molecular complexity index is 662. The molecule has 0 amide bonds. The summed E-state index contributed by atoms with van der Waals surface area (Å²) in [5.41, 5.74) is 4.60. The lowest BCUT2D eigenvalue weighted by atomic mass is 10.0. The second-order valence-electron chi connectivity index (χ2n) is 5.88. The van der Waals surface area contributed by atoms with E-state index in [1.54, 1.807) is 0 Å². The van der Waals surface area contributed by atoms with Gasteiger partial charge in [-0.15, -0.1) is 0 Å². The van der Waals surface area contributed by atoms with E-state index >= 15 is 0 Å². The van der Waals surface area contributed by atoms with Crippen molar-refractivity contribution >= 4 is 15.7 Å². The van der Waals surface area contributed by atoms with Crippen LogP contribution in [-0.2, 0) is 10.0 Å². The van der Waals surface area contributed by atoms with Gasteiger partial charge < -0.3 is 5.73 Å². The van der Waals surface area contributed by atoms with Crippen molar-refractivity contribution in [3.8, 4) is 0 Å². The maximum absolute atomic E-state index is 13.8. The van der Waals surface area contributed by atoms with Gasteiger partial charge in [0.15, 0.2) is 0 Å². The molecule has 0 aliphatic carbocycles. The first kappa shape index (κ1) is 16.1. The first-order valence-corrected chi connectivity index (χ1v) is 7.95. The highest BCUT2D eigenvalue weighted by Crippen LogP contribution is 2.28. The van der Waals surface area contributed by atoms with Crippen molar-refractivity contribution in [1.29, 1.82) is 0 Å². The van der Waals surface area contributed by atoms with Crippen LogP contribution in [0.4, 0.5) is 14.5 Å². The van der Waals surface area contributed by atoms with Crippen LogP contribution in [0.25, 0.3) is 0 Å². The standard InChI is InChI=1S/C13H19F2N3O2S/c1-13(2)8-18(5-4-17(13)3)21(19,20)12-7-11(16)9(14)6-10(12)15/h6-7H,4-5,8,16H2,1-3H3. The molecule has 1 fully saturated rings. The topological polar surface area (TPSA) is 66.6 Å². The summed E-state index contributed by atoms with van der Waals surface area (Å²) in [4.78, 5) is 1.45. The maximum atomic E-state index is 13.8. The number of rotatable bonds is 2. The Hall–Kier alpha value is -1.25. The van der Waals surface area contributed by atoms with Gasteiger partial charge in [-0.1, -0.05) is 0 Å². The molecule has 0 spiro atoms. The predicted molar refractivity (Wildman–Crippen MR) is 76.2 cm³/mol. The van der Waals surface area contributed by atoms with Crippen LogP contribution in [0.3, 0.4) is 0 Å². The number of anilines is 1. The Morgan fingerprint density at radius 2 is 1.81 bits per heavy atom. The first-order chi connectivity index (χ1) is 9.55. The minimum Gasteiger partial charge on any atom is -0.396 e. The average molecular weight is 319 g/mol. The molecule has 1 aromatic rings. The van der Waals surface area contributed by atoms with E-state index in [1.807, 2.05) is 25.8 Å². The van der Waals surface area contributed by atoms with Gasteiger partial charge in [-0.05, 0) is 27.0 Å². The van der Waals surface area contributed by atoms with Gasteiger partial charge in [-0.2, -0.15) is 4.31 Å². The second kappa shape index (κ2) is 5.19. The molecular weight excluding hydrogens is 300 g/mol. The van der Waals surface area contributed by atoms with Crippen molar-refractivity contribution in [2.75, 3.05) is 32.4 Å². The van der Waals surface area contributed by atoms with E-state index in [0.717, 1.165) is 6.07 Å². The molecule has 21 heavy (non-hydrogen) atoms. The van der Waals surface area contributed by atoms with Crippen LogP contribution >= 0.6 is 0 Å². The third-order valence-electron chi connectivity index (χ3n) is 3.95. The Kier molecular flexibility index (Phi) is 3.98. The third kappa shape index (κ3) is 2.88. The van der Waals surface area contributed by atoms with Gasteiger partial charge in [0.25, 0.3) is 0 Å². The Morgan fingerprint density at radius 3 is 2.38 bits per heavy atom. The summed E-state index contributed by atoms with van der Waals surface area (Å²) in [7, 11) is -2.14. The van der Waals surface area contributed by atoms with E-state index in [4.69, 9.17) is 5.73 Å². The van der Waals surface area contributed by atoms with Gasteiger partial charge in [-0.25, -0.2) is 17.2 Å². The molecule has 1 heterocycles. The predicted octanol–water partition coefficient (Wildman–Crippen LogP) is 1.26. The molecule has 0 atom stereocenters. The van der Waals surface area contributed by atoms with E-state index in [0.29, 0.717) is 12.6 Å². The number of hydrogen-bond donors (Lipinski definition) is 1. The van der Waals surface area contributed by atoms with Crippen molar-refractivity contribution < 1.29 is 17.2 Å². The van der Waals surface area contributed by atoms with Crippen molar-refractivity contribution in [3.05, 3.63) is 23.8 Å². The Balaban J connectivity index is 2.42. The quantitative estimate of drug-likeness (QED) is 0.834. The molecule has 2 rings (SSSR count). The number of nitrogen functional groups attached to an aromatic ring is 1. The van der Waals surface area contributed by atoms with Crippen LogP contribution in [0.1, 0.15) is 13.8 Å². The van der Waals surface area contributed by atoms with Crippen LogP contribution in [0.2, 0.25) is 0 Å². The molecule has 0 unspecified atom stereocenters. The van der Waals surface area contributed by atoms with Crippen molar-refractivity contribution in [2.24, 2.45) is 0 Å². The minimum absolute atomic E-state index is 0.225. The van der Waals surface area contributed by atoms with Crippen LogP contribution in [0, 0.1) is 11.6 Å². The number of piperazine rings is 1. The molecule has 8 heteroatoms. The van der Waals surface area contributed by atoms with Crippen LogP contribution in [0.15, 0.2) is 17.0 Å². The van der Waals surface area contributed by atoms with E-state index in [1.165, 1.54) is 4.31 Å². The fourth-order valence-electron chi connectivity index (χ4n) is 2.28. The van der Waals surface area contributed by atoms with Crippen LogP contribution in [-0.4, -0.2) is 49.8 Å².